The van der Waals surface area contributed by atoms with Crippen LogP contribution in [0.3, 0.4) is 0 Å². The summed E-state index contributed by atoms with van der Waals surface area (Å²) in [6.07, 6.45) is -2.91. The summed E-state index contributed by atoms with van der Waals surface area (Å²) in [5.41, 5.74) is 5.56. The fourth-order valence-corrected chi connectivity index (χ4v) is 1.38. The van der Waals surface area contributed by atoms with Crippen molar-refractivity contribution < 1.29 is 18.0 Å². The third kappa shape index (κ3) is 10.1. The molecule has 0 radical (unpaired) electrons. The van der Waals surface area contributed by atoms with E-state index in [4.69, 9.17) is 5.73 Å². The molecule has 3 nitrogen and oxygen atoms in total. The van der Waals surface area contributed by atoms with Gasteiger partial charge < -0.3 is 11.1 Å². The molecule has 1 amide bonds. The summed E-state index contributed by atoms with van der Waals surface area (Å²) in [6.45, 7) is 3.25. The lowest BCUT2D eigenvalue weighted by Crippen LogP contribution is -2.32. The van der Waals surface area contributed by atoms with Gasteiger partial charge in [-0.25, -0.2) is 0 Å². The molecule has 0 aliphatic carbocycles. The van der Waals surface area contributed by atoms with E-state index < -0.39 is 12.6 Å². The van der Waals surface area contributed by atoms with E-state index in [-0.39, 0.29) is 24.4 Å². The van der Waals surface area contributed by atoms with Crippen molar-refractivity contribution in [1.82, 2.24) is 5.32 Å². The highest BCUT2D eigenvalue weighted by molar-refractivity contribution is 5.78. The number of carbonyl (C=O) groups is 1. The molecule has 0 aromatic carbocycles. The van der Waals surface area contributed by atoms with E-state index in [9.17, 15) is 18.0 Å². The summed E-state index contributed by atoms with van der Waals surface area (Å²) < 4.78 is 35.5. The molecule has 0 aliphatic heterocycles. The van der Waals surface area contributed by atoms with Gasteiger partial charge in [-0.05, 0) is 19.8 Å². The highest BCUT2D eigenvalue weighted by Crippen LogP contribution is 2.18. The molecule has 0 aliphatic rings. The minimum absolute atomic E-state index is 0.0930. The average molecular weight is 254 g/mol. The molecule has 0 aromatic heterocycles. The first kappa shape index (κ1) is 16.2. The highest BCUT2D eigenvalue weighted by atomic mass is 19.4. The molecule has 2 atom stereocenters. The van der Waals surface area contributed by atoms with Crippen LogP contribution in [0.2, 0.25) is 0 Å². The lowest BCUT2D eigenvalue weighted by molar-refractivity contribution is -0.136. The Hall–Kier alpha value is -0.780. The number of halogens is 3. The first-order valence-electron chi connectivity index (χ1n) is 5.82. The van der Waals surface area contributed by atoms with Gasteiger partial charge in [0, 0.05) is 18.5 Å². The average Bonchev–Trinajstić information content (AvgIpc) is 2.14. The van der Waals surface area contributed by atoms with E-state index in [1.54, 1.807) is 6.92 Å². The molecular weight excluding hydrogens is 233 g/mol. The van der Waals surface area contributed by atoms with E-state index in [0.717, 1.165) is 12.8 Å². The number of nitrogens with one attached hydrogen (secondary N) is 1. The molecule has 0 rings (SSSR count). The number of carbonyl (C=O) groups excluding carboxylic acids is 1. The second kappa shape index (κ2) is 7.53. The summed E-state index contributed by atoms with van der Waals surface area (Å²) in [7, 11) is 0. The van der Waals surface area contributed by atoms with E-state index in [1.807, 2.05) is 6.92 Å². The molecule has 0 bridgehead atoms. The first-order valence-corrected chi connectivity index (χ1v) is 5.82. The lowest BCUT2D eigenvalue weighted by Gasteiger charge is -2.13. The van der Waals surface area contributed by atoms with Crippen molar-refractivity contribution in [2.75, 3.05) is 6.54 Å². The van der Waals surface area contributed by atoms with E-state index in [2.05, 4.69) is 5.32 Å². The van der Waals surface area contributed by atoms with Gasteiger partial charge in [0.25, 0.3) is 0 Å². The molecule has 3 N–H and O–H groups in total. The molecule has 0 aromatic rings. The van der Waals surface area contributed by atoms with Crippen LogP contribution in [-0.4, -0.2) is 24.7 Å². The number of hydrogen-bond donors (Lipinski definition) is 2. The topological polar surface area (TPSA) is 55.1 Å². The van der Waals surface area contributed by atoms with E-state index in [1.165, 1.54) is 0 Å². The fraction of sp³-hybridized carbons (Fsp3) is 0.909. The number of hydrogen-bond acceptors (Lipinski definition) is 2. The molecule has 2 unspecified atom stereocenters. The van der Waals surface area contributed by atoms with Crippen molar-refractivity contribution in [2.45, 2.75) is 51.7 Å². The van der Waals surface area contributed by atoms with Gasteiger partial charge in [0.05, 0.1) is 6.42 Å². The Morgan fingerprint density at radius 2 is 1.88 bits per heavy atom. The summed E-state index contributed by atoms with van der Waals surface area (Å²) in [5, 5.41) is 2.29. The van der Waals surface area contributed by atoms with Gasteiger partial charge in [0.2, 0.25) is 5.91 Å². The number of rotatable bonds is 7. The van der Waals surface area contributed by atoms with Crippen LogP contribution in [0.1, 0.15) is 39.5 Å². The molecular formula is C11H21F3N2O. The van der Waals surface area contributed by atoms with Crippen LogP contribution >= 0.6 is 0 Å². The molecule has 0 spiro atoms. The van der Waals surface area contributed by atoms with Gasteiger partial charge in [-0.3, -0.25) is 4.79 Å². The smallest absolute Gasteiger partial charge is 0.356 e. The van der Waals surface area contributed by atoms with Gasteiger partial charge in [-0.2, -0.15) is 13.2 Å². The minimum atomic E-state index is -4.22. The molecule has 0 saturated carbocycles. The van der Waals surface area contributed by atoms with Gasteiger partial charge in [-0.1, -0.05) is 13.3 Å². The number of alkyl halides is 3. The van der Waals surface area contributed by atoms with Crippen molar-refractivity contribution in [3.05, 3.63) is 0 Å². The predicted octanol–water partition coefficient (Wildman–Crippen LogP) is 2.21. The maximum absolute atomic E-state index is 11.8. The van der Waals surface area contributed by atoms with Crippen LogP contribution in [-0.2, 0) is 4.79 Å². The number of amides is 1. The predicted molar refractivity (Wildman–Crippen MR) is 60.3 cm³/mol. The summed E-state index contributed by atoms with van der Waals surface area (Å²) in [5.74, 6) is -0.582. The van der Waals surface area contributed by atoms with Crippen LogP contribution in [0.25, 0.3) is 0 Å². The maximum atomic E-state index is 11.8. The van der Waals surface area contributed by atoms with Crippen molar-refractivity contribution >= 4 is 5.91 Å². The number of nitrogens with two attached hydrogens (primary N) is 1. The van der Waals surface area contributed by atoms with Crippen molar-refractivity contribution in [3.63, 3.8) is 0 Å². The molecule has 0 saturated heterocycles. The van der Waals surface area contributed by atoms with Crippen LogP contribution in [0.4, 0.5) is 13.2 Å². The Balaban J connectivity index is 3.68. The standard InChI is InChI=1S/C11H21F3N2O/c1-8(4-3-5-9(2)15)10(17)16-7-6-11(12,13)14/h8-9H,3-7,15H2,1-2H3,(H,16,17). The molecule has 6 heteroatoms. The zero-order valence-corrected chi connectivity index (χ0v) is 10.3. The van der Waals surface area contributed by atoms with Crippen LogP contribution < -0.4 is 11.1 Å². The van der Waals surface area contributed by atoms with Gasteiger partial charge in [0.1, 0.15) is 0 Å². The largest absolute Gasteiger partial charge is 0.390 e. The highest BCUT2D eigenvalue weighted by Gasteiger charge is 2.26. The Morgan fingerprint density at radius 1 is 1.29 bits per heavy atom. The summed E-state index contributed by atoms with van der Waals surface area (Å²) in [6, 6.07) is 0.0930. The monoisotopic (exact) mass is 254 g/mol. The minimum Gasteiger partial charge on any atom is -0.356 e. The molecule has 0 heterocycles. The fourth-order valence-electron chi connectivity index (χ4n) is 1.38. The Labute approximate surface area is 99.9 Å². The van der Waals surface area contributed by atoms with Gasteiger partial charge in [-0.15, -0.1) is 0 Å². The Kier molecular flexibility index (Phi) is 7.18. The first-order chi connectivity index (χ1) is 7.72. The van der Waals surface area contributed by atoms with E-state index in [0.29, 0.717) is 6.42 Å². The van der Waals surface area contributed by atoms with Gasteiger partial charge >= 0.3 is 6.18 Å². The normalized spacial score (nSPS) is 15.4. The van der Waals surface area contributed by atoms with Crippen molar-refractivity contribution in [1.29, 1.82) is 0 Å². The molecule has 102 valence electrons. The van der Waals surface area contributed by atoms with Gasteiger partial charge in [0.15, 0.2) is 0 Å². The Bertz CT molecular complexity index is 229. The van der Waals surface area contributed by atoms with E-state index >= 15 is 0 Å². The Morgan fingerprint density at radius 3 is 2.35 bits per heavy atom. The third-order valence-electron chi connectivity index (χ3n) is 2.45. The molecule has 0 fully saturated rings. The summed E-state index contributed by atoms with van der Waals surface area (Å²) in [4.78, 5) is 11.4. The zero-order valence-electron chi connectivity index (χ0n) is 10.3. The van der Waals surface area contributed by atoms with Crippen LogP contribution in [0, 0.1) is 5.92 Å². The lowest BCUT2D eigenvalue weighted by atomic mass is 10.0. The SMILES string of the molecule is CC(N)CCCC(C)C(=O)NCCC(F)(F)F. The molecule has 17 heavy (non-hydrogen) atoms. The van der Waals surface area contributed by atoms with Crippen LogP contribution in [0.5, 0.6) is 0 Å². The third-order valence-corrected chi connectivity index (χ3v) is 2.45. The van der Waals surface area contributed by atoms with Crippen molar-refractivity contribution in [2.24, 2.45) is 11.7 Å². The second-order valence-electron chi connectivity index (χ2n) is 4.47. The van der Waals surface area contributed by atoms with Crippen molar-refractivity contribution in [3.8, 4) is 0 Å². The van der Waals surface area contributed by atoms with Crippen LogP contribution in [0.15, 0.2) is 0 Å². The zero-order chi connectivity index (χ0) is 13.5. The summed E-state index contributed by atoms with van der Waals surface area (Å²) >= 11 is 0. The maximum Gasteiger partial charge on any atom is 0.390 e. The quantitative estimate of drug-likeness (QED) is 0.732. The second-order valence-corrected chi connectivity index (χ2v) is 4.47.